The van der Waals surface area contributed by atoms with Crippen LogP contribution in [-0.4, -0.2) is 28.9 Å². The van der Waals surface area contributed by atoms with Gasteiger partial charge in [0.2, 0.25) is 5.91 Å². The SMILES string of the molecule is CCCCCCCCCC(=O)N[C@@H]1CCCC[C@H]1NC(=O)c1csc(COc2ccccc2)n1. The Hall–Kier alpha value is -2.41. The Morgan fingerprint density at radius 3 is 2.38 bits per heavy atom. The van der Waals surface area contributed by atoms with Crippen LogP contribution in [0.15, 0.2) is 35.7 Å². The van der Waals surface area contributed by atoms with Gasteiger partial charge in [0.25, 0.3) is 5.91 Å². The number of aromatic nitrogens is 1. The fourth-order valence-corrected chi connectivity index (χ4v) is 5.07. The molecule has 2 N–H and O–H groups in total. The first-order valence-electron chi connectivity index (χ1n) is 12.9. The van der Waals surface area contributed by atoms with Crippen LogP contribution in [0.25, 0.3) is 0 Å². The Bertz CT molecular complexity index is 871. The van der Waals surface area contributed by atoms with Crippen LogP contribution in [0.4, 0.5) is 0 Å². The lowest BCUT2D eigenvalue weighted by molar-refractivity contribution is -0.122. The van der Waals surface area contributed by atoms with Crippen LogP contribution < -0.4 is 15.4 Å². The number of ether oxygens (including phenoxy) is 1. The number of rotatable bonds is 14. The summed E-state index contributed by atoms with van der Waals surface area (Å²) in [6.07, 6.45) is 12.9. The molecule has 1 aromatic heterocycles. The molecule has 1 aliphatic carbocycles. The molecule has 0 bridgehead atoms. The molecular weight excluding hydrogens is 446 g/mol. The van der Waals surface area contributed by atoms with E-state index in [4.69, 9.17) is 4.74 Å². The van der Waals surface area contributed by atoms with E-state index in [0.29, 0.717) is 18.7 Å². The maximum absolute atomic E-state index is 12.8. The minimum absolute atomic E-state index is 0.00530. The summed E-state index contributed by atoms with van der Waals surface area (Å²) in [7, 11) is 0. The van der Waals surface area contributed by atoms with Crippen molar-refractivity contribution in [3.05, 3.63) is 46.4 Å². The van der Waals surface area contributed by atoms with Crippen LogP contribution in [0, 0.1) is 0 Å². The largest absolute Gasteiger partial charge is 0.486 e. The number of nitrogens with zero attached hydrogens (tertiary/aromatic N) is 1. The number of carbonyl (C=O) groups excluding carboxylic acids is 2. The molecule has 2 amide bonds. The van der Waals surface area contributed by atoms with Gasteiger partial charge in [0.1, 0.15) is 23.1 Å². The van der Waals surface area contributed by atoms with Crippen molar-refractivity contribution < 1.29 is 14.3 Å². The minimum Gasteiger partial charge on any atom is -0.486 e. The molecule has 2 atom stereocenters. The highest BCUT2D eigenvalue weighted by Crippen LogP contribution is 2.20. The van der Waals surface area contributed by atoms with E-state index in [1.807, 2.05) is 30.3 Å². The average molecular weight is 486 g/mol. The highest BCUT2D eigenvalue weighted by Gasteiger charge is 2.28. The summed E-state index contributed by atoms with van der Waals surface area (Å²) in [5, 5.41) is 8.85. The van der Waals surface area contributed by atoms with E-state index in [9.17, 15) is 9.59 Å². The maximum atomic E-state index is 12.8. The van der Waals surface area contributed by atoms with Gasteiger partial charge in [-0.1, -0.05) is 76.5 Å². The second kappa shape index (κ2) is 14.8. The first kappa shape index (κ1) is 26.2. The van der Waals surface area contributed by atoms with Gasteiger partial charge in [-0.15, -0.1) is 11.3 Å². The fraction of sp³-hybridized carbons (Fsp3) is 0.593. The zero-order valence-electron chi connectivity index (χ0n) is 20.4. The van der Waals surface area contributed by atoms with E-state index in [1.165, 1.54) is 43.4 Å². The van der Waals surface area contributed by atoms with E-state index < -0.39 is 0 Å². The van der Waals surface area contributed by atoms with Crippen molar-refractivity contribution in [1.29, 1.82) is 0 Å². The lowest BCUT2D eigenvalue weighted by atomic mass is 9.90. The molecule has 7 heteroatoms. The minimum atomic E-state index is -0.180. The highest BCUT2D eigenvalue weighted by molar-refractivity contribution is 7.09. The lowest BCUT2D eigenvalue weighted by Crippen LogP contribution is -2.53. The predicted octanol–water partition coefficient (Wildman–Crippen LogP) is 6.02. The number of hydrogen-bond acceptors (Lipinski definition) is 5. The van der Waals surface area contributed by atoms with Gasteiger partial charge in [-0.05, 0) is 31.4 Å². The molecule has 1 aromatic carbocycles. The molecule has 34 heavy (non-hydrogen) atoms. The molecule has 1 aliphatic rings. The van der Waals surface area contributed by atoms with Crippen molar-refractivity contribution in [2.24, 2.45) is 0 Å². The third kappa shape index (κ3) is 9.09. The summed E-state index contributed by atoms with van der Waals surface area (Å²) < 4.78 is 5.73. The van der Waals surface area contributed by atoms with E-state index in [0.717, 1.165) is 49.3 Å². The van der Waals surface area contributed by atoms with E-state index in [2.05, 4.69) is 22.5 Å². The summed E-state index contributed by atoms with van der Waals surface area (Å²) in [6.45, 7) is 2.56. The lowest BCUT2D eigenvalue weighted by Gasteiger charge is -2.32. The number of unbranched alkanes of at least 4 members (excludes halogenated alkanes) is 6. The summed E-state index contributed by atoms with van der Waals surface area (Å²) in [6, 6.07) is 9.52. The van der Waals surface area contributed by atoms with Crippen LogP contribution in [-0.2, 0) is 11.4 Å². The number of benzene rings is 1. The van der Waals surface area contributed by atoms with Gasteiger partial charge in [0.05, 0.1) is 0 Å². The monoisotopic (exact) mass is 485 g/mol. The van der Waals surface area contributed by atoms with Gasteiger partial charge in [-0.2, -0.15) is 0 Å². The molecular formula is C27H39N3O3S. The smallest absolute Gasteiger partial charge is 0.271 e. The average Bonchev–Trinajstić information content (AvgIpc) is 3.33. The quantitative estimate of drug-likeness (QED) is 0.321. The van der Waals surface area contributed by atoms with Gasteiger partial charge in [-0.3, -0.25) is 9.59 Å². The number of thiazole rings is 1. The maximum Gasteiger partial charge on any atom is 0.271 e. The van der Waals surface area contributed by atoms with Crippen molar-refractivity contribution >= 4 is 23.2 Å². The second-order valence-electron chi connectivity index (χ2n) is 9.14. The summed E-state index contributed by atoms with van der Waals surface area (Å²) in [5.41, 5.74) is 0.412. The molecule has 6 nitrogen and oxygen atoms in total. The molecule has 1 heterocycles. The molecule has 2 aromatic rings. The molecule has 1 saturated carbocycles. The summed E-state index contributed by atoms with van der Waals surface area (Å²) >= 11 is 1.42. The van der Waals surface area contributed by atoms with Gasteiger partial charge in [0, 0.05) is 23.9 Å². The number of carbonyl (C=O) groups is 2. The highest BCUT2D eigenvalue weighted by atomic mass is 32.1. The predicted molar refractivity (Wildman–Crippen MR) is 137 cm³/mol. The molecule has 0 spiro atoms. The third-order valence-electron chi connectivity index (χ3n) is 6.33. The van der Waals surface area contributed by atoms with Crippen LogP contribution >= 0.6 is 11.3 Å². The van der Waals surface area contributed by atoms with E-state index in [-0.39, 0.29) is 23.9 Å². The number of amides is 2. The Morgan fingerprint density at radius 1 is 0.971 bits per heavy atom. The molecule has 186 valence electrons. The van der Waals surface area contributed by atoms with Gasteiger partial charge in [-0.25, -0.2) is 4.98 Å². The first-order chi connectivity index (χ1) is 16.7. The van der Waals surface area contributed by atoms with Crippen LogP contribution in [0.2, 0.25) is 0 Å². The Balaban J connectivity index is 1.41. The fourth-order valence-electron chi connectivity index (χ4n) is 4.38. The molecule has 3 rings (SSSR count). The number of hydrogen-bond donors (Lipinski definition) is 2. The Labute approximate surface area is 207 Å². The second-order valence-corrected chi connectivity index (χ2v) is 10.1. The summed E-state index contributed by atoms with van der Waals surface area (Å²) in [5.74, 6) is 0.704. The summed E-state index contributed by atoms with van der Waals surface area (Å²) in [4.78, 5) is 29.8. The van der Waals surface area contributed by atoms with Crippen LogP contribution in [0.1, 0.15) is 99.5 Å². The molecule has 0 aliphatic heterocycles. The first-order valence-corrected chi connectivity index (χ1v) is 13.8. The molecule has 0 unspecified atom stereocenters. The van der Waals surface area contributed by atoms with Crippen molar-refractivity contribution in [2.75, 3.05) is 0 Å². The van der Waals surface area contributed by atoms with Crippen LogP contribution in [0.5, 0.6) is 5.75 Å². The van der Waals surface area contributed by atoms with Crippen molar-refractivity contribution in [1.82, 2.24) is 15.6 Å². The van der Waals surface area contributed by atoms with Crippen molar-refractivity contribution in [3.63, 3.8) is 0 Å². The van der Waals surface area contributed by atoms with Crippen molar-refractivity contribution in [2.45, 2.75) is 103 Å². The van der Waals surface area contributed by atoms with Crippen molar-refractivity contribution in [3.8, 4) is 5.75 Å². The zero-order chi connectivity index (χ0) is 24.0. The molecule has 1 fully saturated rings. The number of para-hydroxylation sites is 1. The molecule has 0 saturated heterocycles. The Kier molecular flexibility index (Phi) is 11.4. The zero-order valence-corrected chi connectivity index (χ0v) is 21.2. The Morgan fingerprint density at radius 2 is 1.65 bits per heavy atom. The van der Waals surface area contributed by atoms with Gasteiger partial charge >= 0.3 is 0 Å². The molecule has 0 radical (unpaired) electrons. The normalized spacial score (nSPS) is 17.8. The number of nitrogens with one attached hydrogen (secondary N) is 2. The van der Waals surface area contributed by atoms with Gasteiger partial charge in [0.15, 0.2) is 0 Å². The van der Waals surface area contributed by atoms with Gasteiger partial charge < -0.3 is 15.4 Å². The van der Waals surface area contributed by atoms with E-state index in [1.54, 1.807) is 5.38 Å². The topological polar surface area (TPSA) is 80.3 Å². The standard InChI is InChI=1S/C27H39N3O3S/c1-2-3-4-5-6-7-11-18-25(31)28-22-16-12-13-17-23(22)30-27(32)24-20-34-26(29-24)19-33-21-14-9-8-10-15-21/h8-10,14-15,20,22-23H,2-7,11-13,16-19H2,1H3,(H,28,31)(H,30,32)/t22-,23-/m1/s1. The van der Waals surface area contributed by atoms with Crippen LogP contribution in [0.3, 0.4) is 0 Å². The van der Waals surface area contributed by atoms with E-state index >= 15 is 0 Å². The third-order valence-corrected chi connectivity index (χ3v) is 7.15.